The standard InChI is InChI=1S/C16H18N2OS/c1-10-5-7-18(8-6-10)16(19)15-14(17)12-9-11(2)3-4-13(12)20-15/h3-5,9H,6-8,17H2,1-2H3. The van der Waals surface area contributed by atoms with Gasteiger partial charge in [-0.25, -0.2) is 0 Å². The number of fused-ring (bicyclic) bond motifs is 1. The third kappa shape index (κ3) is 2.20. The summed E-state index contributed by atoms with van der Waals surface area (Å²) in [5, 5.41) is 1.00. The van der Waals surface area contributed by atoms with Crippen LogP contribution in [0.5, 0.6) is 0 Å². The molecule has 1 amide bonds. The largest absolute Gasteiger partial charge is 0.397 e. The van der Waals surface area contributed by atoms with Gasteiger partial charge < -0.3 is 10.6 Å². The summed E-state index contributed by atoms with van der Waals surface area (Å²) in [6.45, 7) is 5.62. The summed E-state index contributed by atoms with van der Waals surface area (Å²) in [7, 11) is 0. The van der Waals surface area contributed by atoms with Crippen LogP contribution >= 0.6 is 11.3 Å². The Morgan fingerprint density at radius 3 is 2.85 bits per heavy atom. The quantitative estimate of drug-likeness (QED) is 0.814. The van der Waals surface area contributed by atoms with Crippen molar-refractivity contribution in [2.45, 2.75) is 20.3 Å². The second kappa shape index (κ2) is 4.94. The predicted molar refractivity (Wildman–Crippen MR) is 85.3 cm³/mol. The number of benzene rings is 1. The lowest BCUT2D eigenvalue weighted by atomic mass is 10.1. The predicted octanol–water partition coefficient (Wildman–Crippen LogP) is 3.58. The van der Waals surface area contributed by atoms with E-state index in [2.05, 4.69) is 25.1 Å². The number of carbonyl (C=O) groups is 1. The maximum atomic E-state index is 12.6. The molecule has 1 aliphatic heterocycles. The normalized spacial score (nSPS) is 15.5. The van der Waals surface area contributed by atoms with Gasteiger partial charge in [-0.3, -0.25) is 4.79 Å². The van der Waals surface area contributed by atoms with E-state index in [1.54, 1.807) is 0 Å². The average molecular weight is 286 g/mol. The van der Waals surface area contributed by atoms with Crippen LogP contribution in [0.1, 0.15) is 28.6 Å². The molecule has 0 saturated heterocycles. The van der Waals surface area contributed by atoms with Crippen LogP contribution in [-0.4, -0.2) is 23.9 Å². The molecule has 2 aromatic rings. The number of thiophene rings is 1. The second-order valence-electron chi connectivity index (χ2n) is 5.40. The number of anilines is 1. The molecule has 20 heavy (non-hydrogen) atoms. The topological polar surface area (TPSA) is 46.3 Å². The average Bonchev–Trinajstić information content (AvgIpc) is 2.76. The van der Waals surface area contributed by atoms with E-state index in [0.717, 1.165) is 28.6 Å². The molecule has 0 unspecified atom stereocenters. The van der Waals surface area contributed by atoms with Crippen molar-refractivity contribution < 1.29 is 4.79 Å². The van der Waals surface area contributed by atoms with Gasteiger partial charge in [-0.1, -0.05) is 23.3 Å². The smallest absolute Gasteiger partial charge is 0.266 e. The first kappa shape index (κ1) is 13.2. The van der Waals surface area contributed by atoms with Crippen molar-refractivity contribution in [3.8, 4) is 0 Å². The van der Waals surface area contributed by atoms with Crippen LogP contribution in [0.2, 0.25) is 0 Å². The van der Waals surface area contributed by atoms with Gasteiger partial charge >= 0.3 is 0 Å². The Bertz CT molecular complexity index is 715. The highest BCUT2D eigenvalue weighted by Gasteiger charge is 2.22. The number of nitrogens with two attached hydrogens (primary N) is 1. The molecule has 3 rings (SSSR count). The first-order valence-corrected chi connectivity index (χ1v) is 7.61. The Morgan fingerprint density at radius 1 is 1.35 bits per heavy atom. The number of hydrogen-bond donors (Lipinski definition) is 1. The van der Waals surface area contributed by atoms with Gasteiger partial charge in [0.1, 0.15) is 4.88 Å². The molecule has 0 saturated carbocycles. The van der Waals surface area contributed by atoms with E-state index in [0.29, 0.717) is 17.1 Å². The van der Waals surface area contributed by atoms with E-state index in [1.807, 2.05) is 17.9 Å². The number of aryl methyl sites for hydroxylation is 1. The van der Waals surface area contributed by atoms with Gasteiger partial charge in [0.2, 0.25) is 0 Å². The van der Waals surface area contributed by atoms with Gasteiger partial charge in [0.15, 0.2) is 0 Å². The van der Waals surface area contributed by atoms with E-state index in [9.17, 15) is 4.79 Å². The summed E-state index contributed by atoms with van der Waals surface area (Å²) < 4.78 is 1.08. The fraction of sp³-hybridized carbons (Fsp3) is 0.312. The zero-order chi connectivity index (χ0) is 14.3. The number of hydrogen-bond acceptors (Lipinski definition) is 3. The van der Waals surface area contributed by atoms with Gasteiger partial charge in [0.05, 0.1) is 5.69 Å². The lowest BCUT2D eigenvalue weighted by Gasteiger charge is -2.25. The lowest BCUT2D eigenvalue weighted by molar-refractivity contribution is 0.0775. The summed E-state index contributed by atoms with van der Waals surface area (Å²) in [5.74, 6) is 0.0603. The van der Waals surface area contributed by atoms with Crippen LogP contribution in [0.15, 0.2) is 29.8 Å². The molecule has 0 atom stereocenters. The molecule has 0 bridgehead atoms. The molecular weight excluding hydrogens is 268 g/mol. The molecule has 1 aliphatic rings. The van der Waals surface area contributed by atoms with Gasteiger partial charge in [0, 0.05) is 23.2 Å². The highest BCUT2D eigenvalue weighted by atomic mass is 32.1. The Labute approximate surface area is 122 Å². The Hall–Kier alpha value is -1.81. The minimum Gasteiger partial charge on any atom is -0.397 e. The lowest BCUT2D eigenvalue weighted by Crippen LogP contribution is -2.34. The molecule has 0 spiro atoms. The SMILES string of the molecule is CC1=CCN(C(=O)c2sc3ccc(C)cc3c2N)CC1. The summed E-state index contributed by atoms with van der Waals surface area (Å²) in [5.41, 5.74) is 9.34. The van der Waals surface area contributed by atoms with Crippen LogP contribution < -0.4 is 5.73 Å². The first-order valence-electron chi connectivity index (χ1n) is 6.80. The molecule has 4 heteroatoms. The summed E-state index contributed by atoms with van der Waals surface area (Å²) in [4.78, 5) is 15.2. The van der Waals surface area contributed by atoms with E-state index < -0.39 is 0 Å². The molecule has 1 aromatic heterocycles. The molecule has 104 valence electrons. The maximum absolute atomic E-state index is 12.6. The van der Waals surface area contributed by atoms with Crippen LogP contribution in [0.25, 0.3) is 10.1 Å². The summed E-state index contributed by atoms with van der Waals surface area (Å²) in [6.07, 6.45) is 3.07. The van der Waals surface area contributed by atoms with Crippen LogP contribution in [-0.2, 0) is 0 Å². The Morgan fingerprint density at radius 2 is 2.15 bits per heavy atom. The zero-order valence-electron chi connectivity index (χ0n) is 11.8. The highest BCUT2D eigenvalue weighted by Crippen LogP contribution is 2.35. The fourth-order valence-electron chi connectivity index (χ4n) is 2.49. The fourth-order valence-corrected chi connectivity index (χ4v) is 3.56. The number of nitrogen functional groups attached to an aromatic ring is 1. The third-order valence-electron chi connectivity index (χ3n) is 3.80. The molecule has 0 radical (unpaired) electrons. The monoisotopic (exact) mass is 286 g/mol. The van der Waals surface area contributed by atoms with Crippen LogP contribution in [0.4, 0.5) is 5.69 Å². The van der Waals surface area contributed by atoms with Crippen molar-refractivity contribution in [1.29, 1.82) is 0 Å². The van der Waals surface area contributed by atoms with Crippen molar-refractivity contribution in [3.05, 3.63) is 40.3 Å². The summed E-state index contributed by atoms with van der Waals surface area (Å²) in [6, 6.07) is 6.15. The number of nitrogens with zero attached hydrogens (tertiary/aromatic N) is 1. The second-order valence-corrected chi connectivity index (χ2v) is 6.45. The van der Waals surface area contributed by atoms with Crippen molar-refractivity contribution in [2.24, 2.45) is 0 Å². The van der Waals surface area contributed by atoms with Gasteiger partial charge in [-0.2, -0.15) is 0 Å². The molecule has 2 heterocycles. The van der Waals surface area contributed by atoms with E-state index >= 15 is 0 Å². The molecule has 0 fully saturated rings. The van der Waals surface area contributed by atoms with E-state index in [-0.39, 0.29) is 5.91 Å². The highest BCUT2D eigenvalue weighted by molar-refractivity contribution is 7.21. The van der Waals surface area contributed by atoms with Gasteiger partial charge in [-0.15, -0.1) is 11.3 Å². The van der Waals surface area contributed by atoms with Crippen molar-refractivity contribution in [3.63, 3.8) is 0 Å². The van der Waals surface area contributed by atoms with Crippen molar-refractivity contribution >= 4 is 33.0 Å². The number of amides is 1. The number of carbonyl (C=O) groups excluding carboxylic acids is 1. The minimum atomic E-state index is 0.0603. The zero-order valence-corrected chi connectivity index (χ0v) is 12.6. The Kier molecular flexibility index (Phi) is 3.26. The van der Waals surface area contributed by atoms with Crippen molar-refractivity contribution in [2.75, 3.05) is 18.8 Å². The molecule has 3 nitrogen and oxygen atoms in total. The molecule has 2 N–H and O–H groups in total. The van der Waals surface area contributed by atoms with Gasteiger partial charge in [-0.05, 0) is 32.4 Å². The van der Waals surface area contributed by atoms with E-state index in [4.69, 9.17) is 5.73 Å². The number of rotatable bonds is 1. The molecular formula is C16H18N2OS. The first-order chi connectivity index (χ1) is 9.56. The molecule has 0 aliphatic carbocycles. The van der Waals surface area contributed by atoms with Crippen LogP contribution in [0, 0.1) is 6.92 Å². The third-order valence-corrected chi connectivity index (χ3v) is 4.97. The van der Waals surface area contributed by atoms with Crippen molar-refractivity contribution in [1.82, 2.24) is 4.90 Å². The maximum Gasteiger partial charge on any atom is 0.266 e. The Balaban J connectivity index is 1.98. The van der Waals surface area contributed by atoms with Crippen LogP contribution in [0.3, 0.4) is 0 Å². The minimum absolute atomic E-state index is 0.0603. The van der Waals surface area contributed by atoms with E-state index in [1.165, 1.54) is 16.9 Å². The van der Waals surface area contributed by atoms with Gasteiger partial charge in [0.25, 0.3) is 5.91 Å². The molecule has 1 aromatic carbocycles. The summed E-state index contributed by atoms with van der Waals surface area (Å²) >= 11 is 1.50.